The van der Waals surface area contributed by atoms with Crippen molar-refractivity contribution in [2.45, 2.75) is 44.3 Å². The van der Waals surface area contributed by atoms with E-state index in [1.165, 1.54) is 6.33 Å². The lowest BCUT2D eigenvalue weighted by Gasteiger charge is -2.26. The highest BCUT2D eigenvalue weighted by atomic mass is 35.5. The maximum atomic E-state index is 12.4. The predicted octanol–water partition coefficient (Wildman–Crippen LogP) is 3.87. The van der Waals surface area contributed by atoms with Gasteiger partial charge in [0.15, 0.2) is 0 Å². The van der Waals surface area contributed by atoms with E-state index in [-0.39, 0.29) is 17.9 Å². The second-order valence-electron chi connectivity index (χ2n) is 7.56. The van der Waals surface area contributed by atoms with Crippen LogP contribution in [0.25, 0.3) is 0 Å². The molecule has 188 valence electrons. The van der Waals surface area contributed by atoms with E-state index >= 15 is 0 Å². The molecule has 12 heteroatoms. The molecule has 0 saturated heterocycles. The highest BCUT2D eigenvalue weighted by Gasteiger charge is 2.28. The Morgan fingerprint density at radius 2 is 1.60 bits per heavy atom. The van der Waals surface area contributed by atoms with Crippen LogP contribution in [0.5, 0.6) is 0 Å². The van der Waals surface area contributed by atoms with E-state index in [9.17, 15) is 18.0 Å². The lowest BCUT2D eigenvalue weighted by atomic mass is 9.86. The standard InChI is InChI=1S/C21H22Cl2N4O.C2HF3O2/c1-14(26-21(28)11-10-20-24-13-25-27-20)19(16-4-8-18(23)9-5-16)12-15-2-6-17(22)7-3-15;3-2(4,5)1(6)7/h2-9,13-14,19H,10-12H2,1H3,(H,26,28)(H,24,25,27);(H,6,7)/p-1/t14?,19-;/m0./s1. The minimum Gasteiger partial charge on any atom is -0.542 e. The molecule has 0 spiro atoms. The summed E-state index contributed by atoms with van der Waals surface area (Å²) >= 11 is 12.1. The van der Waals surface area contributed by atoms with Gasteiger partial charge in [-0.2, -0.15) is 18.3 Å². The minimum absolute atomic E-state index is 0.0148. The molecule has 0 saturated carbocycles. The number of rotatable bonds is 8. The van der Waals surface area contributed by atoms with Crippen LogP contribution in [0, 0.1) is 0 Å². The highest BCUT2D eigenvalue weighted by Crippen LogP contribution is 2.27. The summed E-state index contributed by atoms with van der Waals surface area (Å²) in [5.41, 5.74) is 2.29. The first-order chi connectivity index (χ1) is 16.5. The van der Waals surface area contributed by atoms with Crippen molar-refractivity contribution in [3.63, 3.8) is 0 Å². The Balaban J connectivity index is 0.000000540. The fraction of sp³-hybridized carbons (Fsp3) is 0.304. The highest BCUT2D eigenvalue weighted by molar-refractivity contribution is 6.30. The van der Waals surface area contributed by atoms with Gasteiger partial charge in [0, 0.05) is 34.8 Å². The molecule has 3 aromatic rings. The van der Waals surface area contributed by atoms with Gasteiger partial charge in [0.05, 0.1) is 0 Å². The van der Waals surface area contributed by atoms with Gasteiger partial charge in [0.1, 0.15) is 18.1 Å². The molecule has 1 amide bonds. The van der Waals surface area contributed by atoms with E-state index in [1.807, 2.05) is 55.5 Å². The van der Waals surface area contributed by atoms with Crippen LogP contribution in [0.15, 0.2) is 54.9 Å². The number of benzene rings is 2. The molecule has 2 aromatic carbocycles. The molecule has 2 N–H and O–H groups in total. The fourth-order valence-electron chi connectivity index (χ4n) is 3.18. The Morgan fingerprint density at radius 3 is 2.09 bits per heavy atom. The minimum atomic E-state index is -5.19. The SMILES string of the molecule is CC(NC(=O)CCc1ncn[nH]1)[C@H](Cc1ccc(Cl)cc1)c1ccc(Cl)cc1.O=C([O-])C(F)(F)F. The van der Waals surface area contributed by atoms with E-state index in [2.05, 4.69) is 20.5 Å². The molecule has 0 aliphatic carbocycles. The molecule has 0 aliphatic heterocycles. The average Bonchev–Trinajstić information content (AvgIpc) is 3.31. The number of alkyl halides is 3. The van der Waals surface area contributed by atoms with Crippen molar-refractivity contribution < 1.29 is 27.9 Å². The van der Waals surface area contributed by atoms with Gasteiger partial charge in [0.25, 0.3) is 0 Å². The van der Waals surface area contributed by atoms with Crippen LogP contribution in [0.4, 0.5) is 13.2 Å². The van der Waals surface area contributed by atoms with Gasteiger partial charge in [-0.05, 0) is 48.7 Å². The van der Waals surface area contributed by atoms with Gasteiger partial charge < -0.3 is 15.2 Å². The first-order valence-electron chi connectivity index (χ1n) is 10.4. The number of amides is 1. The Hall–Kier alpha value is -3.11. The monoisotopic (exact) mass is 529 g/mol. The molecule has 7 nitrogen and oxygen atoms in total. The van der Waals surface area contributed by atoms with E-state index in [0.29, 0.717) is 28.7 Å². The second-order valence-corrected chi connectivity index (χ2v) is 8.44. The molecule has 0 fully saturated rings. The molecule has 0 aliphatic rings. The number of aromatic amines is 1. The molecular weight excluding hydrogens is 508 g/mol. The Kier molecular flexibility index (Phi) is 10.5. The van der Waals surface area contributed by atoms with Gasteiger partial charge in [-0.3, -0.25) is 9.89 Å². The summed E-state index contributed by atoms with van der Waals surface area (Å²) in [6, 6.07) is 15.5. The third kappa shape index (κ3) is 9.96. The van der Waals surface area contributed by atoms with Crippen LogP contribution in [0.3, 0.4) is 0 Å². The van der Waals surface area contributed by atoms with Gasteiger partial charge >= 0.3 is 6.18 Å². The Bertz CT molecular complexity index is 1080. The van der Waals surface area contributed by atoms with E-state index in [1.54, 1.807) is 0 Å². The second kappa shape index (κ2) is 13.1. The number of nitrogens with zero attached hydrogens (tertiary/aromatic N) is 2. The van der Waals surface area contributed by atoms with Crippen molar-refractivity contribution >= 4 is 35.1 Å². The summed E-state index contributed by atoms with van der Waals surface area (Å²) in [6.07, 6.45) is -2.09. The van der Waals surface area contributed by atoms with Crippen LogP contribution < -0.4 is 10.4 Å². The molecule has 1 unspecified atom stereocenters. The summed E-state index contributed by atoms with van der Waals surface area (Å²) in [5, 5.41) is 19.9. The number of carboxylic acids is 1. The van der Waals surface area contributed by atoms with Gasteiger partial charge in [0.2, 0.25) is 5.91 Å². The lowest BCUT2D eigenvalue weighted by Crippen LogP contribution is -2.38. The summed E-state index contributed by atoms with van der Waals surface area (Å²) in [4.78, 5) is 25.3. The summed E-state index contributed by atoms with van der Waals surface area (Å²) in [5.74, 6) is -2.21. The normalized spacial score (nSPS) is 12.7. The topological polar surface area (TPSA) is 111 Å². The van der Waals surface area contributed by atoms with Crippen LogP contribution >= 0.6 is 23.2 Å². The number of H-pyrrole nitrogens is 1. The summed E-state index contributed by atoms with van der Waals surface area (Å²) in [6.45, 7) is 2.03. The predicted molar refractivity (Wildman–Crippen MR) is 123 cm³/mol. The number of carbonyl (C=O) groups excluding carboxylic acids is 2. The summed E-state index contributed by atoms with van der Waals surface area (Å²) < 4.78 is 31.5. The Labute approximate surface area is 209 Å². The van der Waals surface area contributed by atoms with Gasteiger partial charge in [-0.1, -0.05) is 47.5 Å². The number of hydrogen-bond donors (Lipinski definition) is 2. The first kappa shape index (κ1) is 28.1. The molecular formula is C23H22Cl2F3N4O3-. The lowest BCUT2D eigenvalue weighted by molar-refractivity contribution is -0.344. The van der Waals surface area contributed by atoms with Crippen LogP contribution in [0.1, 0.15) is 36.2 Å². The van der Waals surface area contributed by atoms with E-state index in [4.69, 9.17) is 33.1 Å². The van der Waals surface area contributed by atoms with Crippen molar-refractivity contribution in [3.05, 3.63) is 81.9 Å². The molecule has 0 radical (unpaired) electrons. The van der Waals surface area contributed by atoms with Crippen LogP contribution in [-0.4, -0.2) is 39.3 Å². The number of aryl methyl sites for hydroxylation is 1. The van der Waals surface area contributed by atoms with Crippen molar-refractivity contribution in [2.24, 2.45) is 0 Å². The molecule has 35 heavy (non-hydrogen) atoms. The zero-order chi connectivity index (χ0) is 26.0. The zero-order valence-corrected chi connectivity index (χ0v) is 20.0. The van der Waals surface area contributed by atoms with Crippen molar-refractivity contribution in [3.8, 4) is 0 Å². The first-order valence-corrected chi connectivity index (χ1v) is 11.1. The number of aromatic nitrogens is 3. The maximum Gasteiger partial charge on any atom is 0.430 e. The van der Waals surface area contributed by atoms with E-state index in [0.717, 1.165) is 17.5 Å². The number of carboxylic acid groups (broad SMARTS) is 1. The third-order valence-corrected chi connectivity index (χ3v) is 5.45. The fourth-order valence-corrected chi connectivity index (χ4v) is 3.43. The van der Waals surface area contributed by atoms with Gasteiger partial charge in [-0.25, -0.2) is 4.98 Å². The van der Waals surface area contributed by atoms with Crippen molar-refractivity contribution in [1.29, 1.82) is 0 Å². The molecule has 0 bridgehead atoms. The van der Waals surface area contributed by atoms with Crippen molar-refractivity contribution in [2.75, 3.05) is 0 Å². The quantitative estimate of drug-likeness (QED) is 0.460. The molecule has 1 aromatic heterocycles. The number of aliphatic carboxylic acids is 1. The number of nitrogens with one attached hydrogen (secondary N) is 2. The smallest absolute Gasteiger partial charge is 0.430 e. The largest absolute Gasteiger partial charge is 0.542 e. The summed E-state index contributed by atoms with van der Waals surface area (Å²) in [7, 11) is 0. The molecule has 3 rings (SSSR count). The van der Waals surface area contributed by atoms with Crippen LogP contribution in [-0.2, 0) is 22.4 Å². The maximum absolute atomic E-state index is 12.4. The number of hydrogen-bond acceptors (Lipinski definition) is 5. The number of carbonyl (C=O) groups is 2. The van der Waals surface area contributed by atoms with Crippen molar-refractivity contribution in [1.82, 2.24) is 20.5 Å². The van der Waals surface area contributed by atoms with Crippen LogP contribution in [0.2, 0.25) is 10.0 Å². The average molecular weight is 530 g/mol. The molecule has 1 heterocycles. The zero-order valence-electron chi connectivity index (χ0n) is 18.5. The molecule has 2 atom stereocenters. The van der Waals surface area contributed by atoms with Gasteiger partial charge in [-0.15, -0.1) is 0 Å². The Morgan fingerprint density at radius 1 is 1.06 bits per heavy atom. The van der Waals surface area contributed by atoms with E-state index < -0.39 is 12.1 Å². The third-order valence-electron chi connectivity index (χ3n) is 4.94. The number of halogens is 5.